The van der Waals surface area contributed by atoms with Gasteiger partial charge in [-0.2, -0.15) is 0 Å². The number of anilines is 1. The van der Waals surface area contributed by atoms with Crippen molar-refractivity contribution >= 4 is 17.2 Å². The van der Waals surface area contributed by atoms with E-state index in [0.29, 0.717) is 5.56 Å². The van der Waals surface area contributed by atoms with Gasteiger partial charge >= 0.3 is 0 Å². The van der Waals surface area contributed by atoms with Gasteiger partial charge in [-0.1, -0.05) is 94.1 Å². The normalized spacial score (nSPS) is 11.1. The molecule has 3 rings (SSSR count). The lowest BCUT2D eigenvalue weighted by atomic mass is 9.83. The first-order valence-electron chi connectivity index (χ1n) is 9.12. The lowest BCUT2D eigenvalue weighted by Crippen LogP contribution is -2.20. The van der Waals surface area contributed by atoms with Gasteiger partial charge in [-0.3, -0.25) is 4.79 Å². The number of nitrogens with one attached hydrogen (secondary N) is 1. The molecule has 0 aliphatic heterocycles. The van der Waals surface area contributed by atoms with E-state index in [1.54, 1.807) is 0 Å². The van der Waals surface area contributed by atoms with Crippen molar-refractivity contribution in [2.75, 3.05) is 5.32 Å². The van der Waals surface area contributed by atoms with Crippen molar-refractivity contribution in [1.29, 1.82) is 0 Å². The number of hydrogen-bond donors (Lipinski definition) is 1. The third kappa shape index (κ3) is 4.17. The van der Waals surface area contributed by atoms with Gasteiger partial charge < -0.3 is 5.32 Å². The molecule has 0 aliphatic carbocycles. The molecular weight excluding hydrogens is 330 g/mol. The number of hydrogen-bond acceptors (Lipinski definition) is 1. The molecule has 136 valence electrons. The summed E-state index contributed by atoms with van der Waals surface area (Å²) in [6.45, 7) is 10.8. The third-order valence-electron chi connectivity index (χ3n) is 4.59. The molecule has 0 saturated heterocycles. The Morgan fingerprint density at radius 3 is 1.89 bits per heavy atom. The van der Waals surface area contributed by atoms with E-state index in [4.69, 9.17) is 0 Å². The van der Waals surface area contributed by atoms with Crippen LogP contribution < -0.4 is 5.32 Å². The number of amides is 1. The molecule has 1 amide bonds. The summed E-state index contributed by atoms with van der Waals surface area (Å²) in [5, 5.41) is 3.15. The summed E-state index contributed by atoms with van der Waals surface area (Å²) in [5.74, 6) is -0.116. The smallest absolute Gasteiger partial charge is 0.255 e. The summed E-state index contributed by atoms with van der Waals surface area (Å²) in [6, 6.07) is 25.5. The molecule has 27 heavy (non-hydrogen) atoms. The standard InChI is InChI=1S/C25H25NO/c1-18(19-12-7-5-8-13-19)21-16-11-17-22(25(2,3)4)23(21)26-24(27)20-14-9-6-10-15-20/h5-17H,1H2,2-4H3,(H,26,27). The Bertz CT molecular complexity index is 951. The van der Waals surface area contributed by atoms with Gasteiger partial charge in [0, 0.05) is 11.1 Å². The monoisotopic (exact) mass is 355 g/mol. The molecule has 0 unspecified atom stereocenters. The van der Waals surface area contributed by atoms with E-state index in [0.717, 1.165) is 28.0 Å². The van der Waals surface area contributed by atoms with Crippen LogP contribution in [-0.2, 0) is 5.41 Å². The predicted octanol–water partition coefficient (Wildman–Crippen LogP) is 6.30. The fourth-order valence-corrected chi connectivity index (χ4v) is 3.13. The van der Waals surface area contributed by atoms with Gasteiger partial charge in [-0.15, -0.1) is 0 Å². The van der Waals surface area contributed by atoms with Gasteiger partial charge in [0.05, 0.1) is 5.69 Å². The van der Waals surface area contributed by atoms with Crippen molar-refractivity contribution < 1.29 is 4.79 Å². The Kier molecular flexibility index (Phi) is 5.27. The highest BCUT2D eigenvalue weighted by Gasteiger charge is 2.23. The highest BCUT2D eigenvalue weighted by molar-refractivity contribution is 6.06. The second-order valence-electron chi connectivity index (χ2n) is 7.64. The minimum absolute atomic E-state index is 0.116. The fourth-order valence-electron chi connectivity index (χ4n) is 3.13. The van der Waals surface area contributed by atoms with Crippen LogP contribution >= 0.6 is 0 Å². The van der Waals surface area contributed by atoms with Crippen molar-refractivity contribution in [3.63, 3.8) is 0 Å². The summed E-state index contributed by atoms with van der Waals surface area (Å²) in [7, 11) is 0. The lowest BCUT2D eigenvalue weighted by Gasteiger charge is -2.26. The van der Waals surface area contributed by atoms with Crippen LogP contribution in [0.1, 0.15) is 47.8 Å². The van der Waals surface area contributed by atoms with Crippen molar-refractivity contribution in [2.45, 2.75) is 26.2 Å². The predicted molar refractivity (Wildman–Crippen MR) is 114 cm³/mol. The Balaban J connectivity index is 2.09. The van der Waals surface area contributed by atoms with E-state index < -0.39 is 0 Å². The first-order chi connectivity index (χ1) is 12.9. The minimum Gasteiger partial charge on any atom is -0.321 e. The minimum atomic E-state index is -0.119. The molecule has 2 nitrogen and oxygen atoms in total. The summed E-state index contributed by atoms with van der Waals surface area (Å²) >= 11 is 0. The quantitative estimate of drug-likeness (QED) is 0.585. The van der Waals surface area contributed by atoms with Gasteiger partial charge in [-0.05, 0) is 34.2 Å². The lowest BCUT2D eigenvalue weighted by molar-refractivity contribution is 0.102. The Labute approximate surface area is 161 Å². The van der Waals surface area contributed by atoms with Gasteiger partial charge in [-0.25, -0.2) is 0 Å². The molecule has 0 spiro atoms. The highest BCUT2D eigenvalue weighted by Crippen LogP contribution is 2.37. The zero-order chi connectivity index (χ0) is 19.4. The maximum atomic E-state index is 12.9. The molecule has 3 aromatic rings. The molecule has 0 saturated carbocycles. The Morgan fingerprint density at radius 2 is 1.33 bits per heavy atom. The number of carbonyl (C=O) groups is 1. The number of benzene rings is 3. The topological polar surface area (TPSA) is 29.1 Å². The van der Waals surface area contributed by atoms with Crippen molar-refractivity contribution in [1.82, 2.24) is 0 Å². The molecule has 0 aliphatic rings. The maximum Gasteiger partial charge on any atom is 0.255 e. The van der Waals surface area contributed by atoms with E-state index in [-0.39, 0.29) is 11.3 Å². The Hall–Kier alpha value is -3.13. The zero-order valence-corrected chi connectivity index (χ0v) is 16.1. The summed E-state index contributed by atoms with van der Waals surface area (Å²) in [6.07, 6.45) is 0. The van der Waals surface area contributed by atoms with Crippen LogP contribution in [0, 0.1) is 0 Å². The second-order valence-corrected chi connectivity index (χ2v) is 7.64. The van der Waals surface area contributed by atoms with Gasteiger partial charge in [0.2, 0.25) is 0 Å². The molecule has 0 bridgehead atoms. The average molecular weight is 355 g/mol. The number of carbonyl (C=O) groups excluding carboxylic acids is 1. The first kappa shape index (κ1) is 18.7. The molecule has 2 heteroatoms. The van der Waals surface area contributed by atoms with Crippen LogP contribution in [0.15, 0.2) is 85.4 Å². The van der Waals surface area contributed by atoms with Crippen LogP contribution in [0.3, 0.4) is 0 Å². The fraction of sp³-hybridized carbons (Fsp3) is 0.160. The molecule has 0 heterocycles. The number of rotatable bonds is 4. The average Bonchev–Trinajstić information content (AvgIpc) is 2.68. The second kappa shape index (κ2) is 7.63. The molecule has 0 aromatic heterocycles. The molecule has 1 N–H and O–H groups in total. The van der Waals surface area contributed by atoms with E-state index in [1.165, 1.54) is 0 Å². The van der Waals surface area contributed by atoms with Crippen LogP contribution in [0.25, 0.3) is 5.57 Å². The number of para-hydroxylation sites is 1. The van der Waals surface area contributed by atoms with Crippen LogP contribution in [-0.4, -0.2) is 5.91 Å². The summed E-state index contributed by atoms with van der Waals surface area (Å²) < 4.78 is 0. The van der Waals surface area contributed by atoms with Crippen molar-refractivity contribution in [2.24, 2.45) is 0 Å². The molecule has 0 fully saturated rings. The van der Waals surface area contributed by atoms with Gasteiger partial charge in [0.1, 0.15) is 0 Å². The molecule has 0 atom stereocenters. The van der Waals surface area contributed by atoms with Gasteiger partial charge in [0.25, 0.3) is 5.91 Å². The summed E-state index contributed by atoms with van der Waals surface area (Å²) in [5.41, 5.74) is 5.31. The Morgan fingerprint density at radius 1 is 0.778 bits per heavy atom. The SMILES string of the molecule is C=C(c1ccccc1)c1cccc(C(C)(C)C)c1NC(=O)c1ccccc1. The maximum absolute atomic E-state index is 12.9. The molecule has 0 radical (unpaired) electrons. The van der Waals surface area contributed by atoms with E-state index in [9.17, 15) is 4.79 Å². The summed E-state index contributed by atoms with van der Waals surface area (Å²) in [4.78, 5) is 12.9. The van der Waals surface area contributed by atoms with Crippen LogP contribution in [0.4, 0.5) is 5.69 Å². The van der Waals surface area contributed by atoms with Crippen LogP contribution in [0.2, 0.25) is 0 Å². The molecule has 3 aromatic carbocycles. The van der Waals surface area contributed by atoms with Crippen molar-refractivity contribution in [3.8, 4) is 0 Å². The third-order valence-corrected chi connectivity index (χ3v) is 4.59. The zero-order valence-electron chi connectivity index (χ0n) is 16.1. The largest absolute Gasteiger partial charge is 0.321 e. The van der Waals surface area contributed by atoms with Gasteiger partial charge in [0.15, 0.2) is 0 Å². The molecular formula is C25H25NO. The first-order valence-corrected chi connectivity index (χ1v) is 9.12. The van der Waals surface area contributed by atoms with E-state index in [1.807, 2.05) is 72.8 Å². The van der Waals surface area contributed by atoms with Crippen LogP contribution in [0.5, 0.6) is 0 Å². The van der Waals surface area contributed by atoms with E-state index in [2.05, 4.69) is 38.7 Å². The van der Waals surface area contributed by atoms with Crippen molar-refractivity contribution in [3.05, 3.63) is 108 Å². The highest BCUT2D eigenvalue weighted by atomic mass is 16.1. The van der Waals surface area contributed by atoms with E-state index >= 15 is 0 Å².